The Bertz CT molecular complexity index is 871. The van der Waals surface area contributed by atoms with Gasteiger partial charge in [-0.05, 0) is 44.0 Å². The second-order valence-electron chi connectivity index (χ2n) is 6.84. The SMILES string of the molecule is Cc1ccc(O[C@H](C)C(=O)N[C@H](c2ccccc2)c2ccc(C)cc2)cc1. The van der Waals surface area contributed by atoms with E-state index in [4.69, 9.17) is 4.74 Å². The number of aryl methyl sites for hydroxylation is 2. The standard InChI is InChI=1S/C24H25NO2/c1-17-9-13-21(14-10-17)23(20-7-5-4-6-8-20)25-24(26)19(3)27-22-15-11-18(2)12-16-22/h4-16,19,23H,1-3H3,(H,25,26)/t19-,23-/m1/s1. The molecule has 3 rings (SSSR count). The van der Waals surface area contributed by atoms with E-state index in [1.807, 2.05) is 61.5 Å². The van der Waals surface area contributed by atoms with Crippen LogP contribution in [0.3, 0.4) is 0 Å². The minimum absolute atomic E-state index is 0.148. The summed E-state index contributed by atoms with van der Waals surface area (Å²) in [7, 11) is 0. The summed E-state index contributed by atoms with van der Waals surface area (Å²) in [5, 5.41) is 3.14. The third kappa shape index (κ3) is 4.98. The van der Waals surface area contributed by atoms with E-state index in [2.05, 4.69) is 36.5 Å². The summed E-state index contributed by atoms with van der Waals surface area (Å²) >= 11 is 0. The van der Waals surface area contributed by atoms with Crippen LogP contribution in [-0.2, 0) is 4.79 Å². The maximum Gasteiger partial charge on any atom is 0.261 e. The number of amides is 1. The molecule has 3 heteroatoms. The Kier molecular flexibility index (Phi) is 5.92. The molecule has 3 nitrogen and oxygen atoms in total. The van der Waals surface area contributed by atoms with Crippen molar-refractivity contribution in [3.05, 3.63) is 101 Å². The average Bonchev–Trinajstić information content (AvgIpc) is 2.69. The molecule has 1 amide bonds. The number of nitrogens with one attached hydrogen (secondary N) is 1. The number of carbonyl (C=O) groups is 1. The van der Waals surface area contributed by atoms with Crippen molar-refractivity contribution in [3.63, 3.8) is 0 Å². The lowest BCUT2D eigenvalue weighted by Crippen LogP contribution is -2.39. The molecule has 0 radical (unpaired) electrons. The number of hydrogen-bond acceptors (Lipinski definition) is 2. The molecule has 3 aromatic rings. The van der Waals surface area contributed by atoms with Crippen molar-refractivity contribution in [2.75, 3.05) is 0 Å². The van der Waals surface area contributed by atoms with Gasteiger partial charge in [0.05, 0.1) is 6.04 Å². The Morgan fingerprint density at radius 1 is 0.778 bits per heavy atom. The summed E-state index contributed by atoms with van der Waals surface area (Å²) in [6.45, 7) is 5.84. The molecule has 138 valence electrons. The zero-order valence-corrected chi connectivity index (χ0v) is 16.0. The Hall–Kier alpha value is -3.07. The molecule has 0 aliphatic heterocycles. The fraction of sp³-hybridized carbons (Fsp3) is 0.208. The topological polar surface area (TPSA) is 38.3 Å². The van der Waals surface area contributed by atoms with Crippen LogP contribution in [0, 0.1) is 13.8 Å². The van der Waals surface area contributed by atoms with Gasteiger partial charge in [0.25, 0.3) is 5.91 Å². The van der Waals surface area contributed by atoms with Gasteiger partial charge >= 0.3 is 0 Å². The van der Waals surface area contributed by atoms with E-state index >= 15 is 0 Å². The van der Waals surface area contributed by atoms with Crippen molar-refractivity contribution in [1.29, 1.82) is 0 Å². The summed E-state index contributed by atoms with van der Waals surface area (Å²) < 4.78 is 5.81. The molecule has 0 spiro atoms. The number of ether oxygens (including phenoxy) is 1. The number of rotatable bonds is 6. The summed E-state index contributed by atoms with van der Waals surface area (Å²) in [6.07, 6.45) is -0.593. The predicted octanol–water partition coefficient (Wildman–Crippen LogP) is 4.98. The third-order valence-corrected chi connectivity index (χ3v) is 4.53. The van der Waals surface area contributed by atoms with Gasteiger partial charge in [-0.2, -0.15) is 0 Å². The van der Waals surface area contributed by atoms with Gasteiger partial charge in [0, 0.05) is 0 Å². The fourth-order valence-corrected chi connectivity index (χ4v) is 2.90. The summed E-state index contributed by atoms with van der Waals surface area (Å²) in [5.74, 6) is 0.542. The second kappa shape index (κ2) is 8.54. The van der Waals surface area contributed by atoms with Crippen LogP contribution in [-0.4, -0.2) is 12.0 Å². The second-order valence-corrected chi connectivity index (χ2v) is 6.84. The normalized spacial score (nSPS) is 12.9. The lowest BCUT2D eigenvalue weighted by molar-refractivity contribution is -0.127. The molecule has 0 saturated carbocycles. The molecule has 2 atom stereocenters. The molecule has 3 aromatic carbocycles. The van der Waals surface area contributed by atoms with E-state index in [1.165, 1.54) is 5.56 Å². The first-order chi connectivity index (χ1) is 13.0. The molecule has 0 aliphatic rings. The number of hydrogen-bond donors (Lipinski definition) is 1. The van der Waals surface area contributed by atoms with Crippen LogP contribution in [0.1, 0.15) is 35.2 Å². The highest BCUT2D eigenvalue weighted by Gasteiger charge is 2.21. The molecule has 0 bridgehead atoms. The van der Waals surface area contributed by atoms with Crippen LogP contribution in [0.5, 0.6) is 5.75 Å². The van der Waals surface area contributed by atoms with Gasteiger partial charge in [-0.15, -0.1) is 0 Å². The van der Waals surface area contributed by atoms with Gasteiger partial charge in [-0.3, -0.25) is 4.79 Å². The summed E-state index contributed by atoms with van der Waals surface area (Å²) in [6, 6.07) is 25.7. The van der Waals surface area contributed by atoms with Crippen LogP contribution in [0.4, 0.5) is 0 Å². The van der Waals surface area contributed by atoms with E-state index in [1.54, 1.807) is 6.92 Å². The summed E-state index contributed by atoms with van der Waals surface area (Å²) in [4.78, 5) is 12.8. The Labute approximate surface area is 161 Å². The molecule has 0 heterocycles. The third-order valence-electron chi connectivity index (χ3n) is 4.53. The van der Waals surface area contributed by atoms with E-state index < -0.39 is 6.10 Å². The quantitative estimate of drug-likeness (QED) is 0.674. The molecule has 0 saturated heterocycles. The molecule has 0 fully saturated rings. The molecule has 0 unspecified atom stereocenters. The highest BCUT2D eigenvalue weighted by molar-refractivity contribution is 5.81. The first-order valence-corrected chi connectivity index (χ1v) is 9.18. The van der Waals surface area contributed by atoms with E-state index in [0.717, 1.165) is 16.7 Å². The van der Waals surface area contributed by atoms with Crippen molar-refractivity contribution in [2.45, 2.75) is 32.9 Å². The average molecular weight is 359 g/mol. The van der Waals surface area contributed by atoms with Crippen LogP contribution in [0.15, 0.2) is 78.9 Å². The Balaban J connectivity index is 1.77. The summed E-state index contributed by atoms with van der Waals surface area (Å²) in [5.41, 5.74) is 4.43. The maximum absolute atomic E-state index is 12.8. The van der Waals surface area contributed by atoms with Crippen LogP contribution < -0.4 is 10.1 Å². The molecule has 1 N–H and O–H groups in total. The van der Waals surface area contributed by atoms with Gasteiger partial charge in [0.1, 0.15) is 5.75 Å². The van der Waals surface area contributed by atoms with E-state index in [-0.39, 0.29) is 11.9 Å². The molecule has 27 heavy (non-hydrogen) atoms. The molecule has 0 aliphatic carbocycles. The largest absolute Gasteiger partial charge is 0.481 e. The predicted molar refractivity (Wildman–Crippen MR) is 109 cm³/mol. The Morgan fingerprint density at radius 3 is 1.89 bits per heavy atom. The highest BCUT2D eigenvalue weighted by atomic mass is 16.5. The van der Waals surface area contributed by atoms with Crippen molar-refractivity contribution in [1.82, 2.24) is 5.32 Å². The van der Waals surface area contributed by atoms with E-state index in [9.17, 15) is 4.79 Å². The molecular weight excluding hydrogens is 334 g/mol. The van der Waals surface area contributed by atoms with Crippen molar-refractivity contribution < 1.29 is 9.53 Å². The van der Waals surface area contributed by atoms with Gasteiger partial charge in [0.2, 0.25) is 0 Å². The fourth-order valence-electron chi connectivity index (χ4n) is 2.90. The van der Waals surface area contributed by atoms with Crippen LogP contribution in [0.2, 0.25) is 0 Å². The minimum Gasteiger partial charge on any atom is -0.481 e. The van der Waals surface area contributed by atoms with Crippen molar-refractivity contribution in [2.24, 2.45) is 0 Å². The number of benzene rings is 3. The maximum atomic E-state index is 12.8. The van der Waals surface area contributed by atoms with Crippen molar-refractivity contribution >= 4 is 5.91 Å². The number of carbonyl (C=O) groups excluding carboxylic acids is 1. The smallest absolute Gasteiger partial charge is 0.261 e. The monoisotopic (exact) mass is 359 g/mol. The zero-order valence-electron chi connectivity index (χ0n) is 16.0. The van der Waals surface area contributed by atoms with Gasteiger partial charge < -0.3 is 10.1 Å². The molecular formula is C24H25NO2. The minimum atomic E-state index is -0.593. The van der Waals surface area contributed by atoms with E-state index in [0.29, 0.717) is 5.75 Å². The lowest BCUT2D eigenvalue weighted by Gasteiger charge is -2.23. The first kappa shape index (κ1) is 18.7. The van der Waals surface area contributed by atoms with Gasteiger partial charge in [-0.25, -0.2) is 0 Å². The zero-order chi connectivity index (χ0) is 19.2. The van der Waals surface area contributed by atoms with Crippen molar-refractivity contribution in [3.8, 4) is 5.75 Å². The molecule has 0 aromatic heterocycles. The van der Waals surface area contributed by atoms with Gasteiger partial charge in [0.15, 0.2) is 6.10 Å². The van der Waals surface area contributed by atoms with Crippen LogP contribution in [0.25, 0.3) is 0 Å². The highest BCUT2D eigenvalue weighted by Crippen LogP contribution is 2.23. The van der Waals surface area contributed by atoms with Gasteiger partial charge in [-0.1, -0.05) is 77.9 Å². The first-order valence-electron chi connectivity index (χ1n) is 9.18. The Morgan fingerprint density at radius 2 is 1.30 bits per heavy atom. The lowest BCUT2D eigenvalue weighted by atomic mass is 9.97. The van der Waals surface area contributed by atoms with Crippen LogP contribution >= 0.6 is 0 Å².